The number of halogens is 1. The fourth-order valence-electron chi connectivity index (χ4n) is 2.80. The molecule has 10 heteroatoms. The normalized spacial score (nSPS) is 13.5. The van der Waals surface area contributed by atoms with Crippen molar-refractivity contribution in [3.8, 4) is 0 Å². The monoisotopic (exact) mass is 413 g/mol. The second-order valence-corrected chi connectivity index (χ2v) is 6.29. The predicted molar refractivity (Wildman–Crippen MR) is 101 cm³/mol. The Bertz CT molecular complexity index is 1020. The van der Waals surface area contributed by atoms with E-state index < -0.39 is 48.2 Å². The van der Waals surface area contributed by atoms with Gasteiger partial charge >= 0.3 is 12.0 Å². The minimum Gasteiger partial charge on any atom is -0.454 e. The van der Waals surface area contributed by atoms with Crippen molar-refractivity contribution in [1.82, 2.24) is 10.2 Å². The molecular weight excluding hydrogens is 397 g/mol. The average molecular weight is 413 g/mol. The first kappa shape index (κ1) is 20.6. The van der Waals surface area contributed by atoms with E-state index in [1.807, 2.05) is 5.32 Å². The highest BCUT2D eigenvalue weighted by atomic mass is 19.1. The zero-order valence-electron chi connectivity index (χ0n) is 15.7. The van der Waals surface area contributed by atoms with Crippen molar-refractivity contribution in [3.63, 3.8) is 0 Å². The number of urea groups is 1. The van der Waals surface area contributed by atoms with E-state index >= 15 is 0 Å². The van der Waals surface area contributed by atoms with Gasteiger partial charge in [0.05, 0.1) is 16.8 Å². The zero-order chi connectivity index (χ0) is 21.8. The molecule has 30 heavy (non-hydrogen) atoms. The largest absolute Gasteiger partial charge is 0.454 e. The summed E-state index contributed by atoms with van der Waals surface area (Å²) in [6, 6.07) is 9.15. The van der Waals surface area contributed by atoms with Gasteiger partial charge in [0.15, 0.2) is 6.61 Å². The number of esters is 1. The van der Waals surface area contributed by atoms with Crippen molar-refractivity contribution in [2.45, 2.75) is 13.0 Å². The molecule has 0 aromatic heterocycles. The fourth-order valence-corrected chi connectivity index (χ4v) is 2.80. The van der Waals surface area contributed by atoms with Gasteiger partial charge in [0.25, 0.3) is 17.7 Å². The maximum atomic E-state index is 13.5. The van der Waals surface area contributed by atoms with Gasteiger partial charge in [-0.1, -0.05) is 24.3 Å². The van der Waals surface area contributed by atoms with E-state index in [2.05, 4.69) is 5.32 Å². The molecule has 5 amide bonds. The predicted octanol–water partition coefficient (Wildman–Crippen LogP) is 1.70. The molecular formula is C20H16FN3O6. The van der Waals surface area contributed by atoms with Gasteiger partial charge in [-0.05, 0) is 31.2 Å². The molecule has 9 nitrogen and oxygen atoms in total. The number of anilines is 1. The van der Waals surface area contributed by atoms with Gasteiger partial charge in [0.2, 0.25) is 0 Å². The summed E-state index contributed by atoms with van der Waals surface area (Å²) in [4.78, 5) is 61.2. The van der Waals surface area contributed by atoms with Crippen LogP contribution in [0, 0.1) is 5.82 Å². The van der Waals surface area contributed by atoms with Crippen LogP contribution in [0.4, 0.5) is 14.9 Å². The van der Waals surface area contributed by atoms with E-state index in [1.165, 1.54) is 37.3 Å². The van der Waals surface area contributed by atoms with Crippen LogP contribution in [0.1, 0.15) is 27.6 Å². The number of imide groups is 2. The third-order valence-corrected chi connectivity index (χ3v) is 4.27. The van der Waals surface area contributed by atoms with Crippen LogP contribution in [0.25, 0.3) is 0 Å². The third-order valence-electron chi connectivity index (χ3n) is 4.27. The number of benzene rings is 2. The third kappa shape index (κ3) is 4.17. The number of ether oxygens (including phenoxy) is 1. The molecule has 0 radical (unpaired) electrons. The van der Waals surface area contributed by atoms with E-state index in [4.69, 9.17) is 4.74 Å². The summed E-state index contributed by atoms with van der Waals surface area (Å²) < 4.78 is 18.3. The number of hydrogen-bond donors (Lipinski definition) is 2. The van der Waals surface area contributed by atoms with Gasteiger partial charge in [0.1, 0.15) is 11.9 Å². The molecule has 1 aliphatic rings. The number of carbonyl (C=O) groups excluding carboxylic acids is 5. The van der Waals surface area contributed by atoms with Crippen LogP contribution in [0.15, 0.2) is 48.5 Å². The van der Waals surface area contributed by atoms with E-state index in [9.17, 15) is 28.4 Å². The maximum absolute atomic E-state index is 13.5. The summed E-state index contributed by atoms with van der Waals surface area (Å²) in [7, 11) is 0. The van der Waals surface area contributed by atoms with Gasteiger partial charge in [-0.2, -0.15) is 0 Å². The minimum atomic E-state index is -1.28. The number of fused-ring (bicyclic) bond motifs is 1. The molecule has 1 aliphatic heterocycles. The van der Waals surface area contributed by atoms with Crippen LogP contribution in [0.5, 0.6) is 0 Å². The molecule has 0 saturated carbocycles. The van der Waals surface area contributed by atoms with Crippen molar-refractivity contribution >= 4 is 35.4 Å². The van der Waals surface area contributed by atoms with Gasteiger partial charge in [0, 0.05) is 0 Å². The molecule has 0 spiro atoms. The second-order valence-electron chi connectivity index (χ2n) is 6.29. The van der Waals surface area contributed by atoms with Crippen LogP contribution >= 0.6 is 0 Å². The van der Waals surface area contributed by atoms with Gasteiger partial charge < -0.3 is 10.1 Å². The highest BCUT2D eigenvalue weighted by Gasteiger charge is 2.41. The Labute approximate surface area is 169 Å². The minimum absolute atomic E-state index is 0.140. The van der Waals surface area contributed by atoms with E-state index in [-0.39, 0.29) is 16.8 Å². The average Bonchev–Trinajstić information content (AvgIpc) is 2.98. The Balaban J connectivity index is 1.52. The molecule has 0 saturated heterocycles. The van der Waals surface area contributed by atoms with Crippen molar-refractivity contribution in [1.29, 1.82) is 0 Å². The quantitative estimate of drug-likeness (QED) is 0.568. The first-order valence-electron chi connectivity index (χ1n) is 8.78. The number of carbonyl (C=O) groups is 5. The standard InChI is InChI=1S/C20H16FN3O6/c1-11(24-17(26)12-6-2-3-7-13(12)18(24)27)19(28)30-10-16(25)23-20(29)22-15-9-5-4-8-14(15)21/h2-9,11H,10H2,1H3,(H2,22,23,25,29)/t11-/m0/s1. The van der Waals surface area contributed by atoms with Crippen molar-refractivity contribution < 1.29 is 33.1 Å². The molecule has 1 heterocycles. The van der Waals surface area contributed by atoms with Crippen LogP contribution in [0.3, 0.4) is 0 Å². The number of rotatable bonds is 5. The number of amides is 5. The summed E-state index contributed by atoms with van der Waals surface area (Å²) in [5.74, 6) is -3.97. The first-order valence-corrected chi connectivity index (χ1v) is 8.78. The zero-order valence-corrected chi connectivity index (χ0v) is 15.7. The first-order chi connectivity index (χ1) is 14.3. The molecule has 0 aliphatic carbocycles. The fraction of sp³-hybridized carbons (Fsp3) is 0.150. The lowest BCUT2D eigenvalue weighted by atomic mass is 10.1. The number of nitrogens with one attached hydrogen (secondary N) is 2. The van der Waals surface area contributed by atoms with Gasteiger partial charge in [-0.3, -0.25) is 24.6 Å². The molecule has 2 N–H and O–H groups in total. The molecule has 3 rings (SSSR count). The van der Waals surface area contributed by atoms with Crippen LogP contribution in [0.2, 0.25) is 0 Å². The van der Waals surface area contributed by atoms with Crippen LogP contribution in [-0.4, -0.2) is 47.3 Å². The van der Waals surface area contributed by atoms with Crippen LogP contribution in [-0.2, 0) is 14.3 Å². The maximum Gasteiger partial charge on any atom is 0.329 e. The Hall–Kier alpha value is -4.08. The van der Waals surface area contributed by atoms with Gasteiger partial charge in [-0.15, -0.1) is 0 Å². The molecule has 2 aromatic carbocycles. The van der Waals surface area contributed by atoms with Gasteiger partial charge in [-0.25, -0.2) is 14.0 Å². The van der Waals surface area contributed by atoms with Crippen molar-refractivity contribution in [3.05, 3.63) is 65.5 Å². The van der Waals surface area contributed by atoms with E-state index in [0.717, 1.165) is 11.0 Å². The molecule has 0 fully saturated rings. The number of para-hydroxylation sites is 1. The summed E-state index contributed by atoms with van der Waals surface area (Å²) in [5.41, 5.74) is 0.202. The molecule has 0 bridgehead atoms. The molecule has 0 unspecified atom stereocenters. The smallest absolute Gasteiger partial charge is 0.329 e. The van der Waals surface area contributed by atoms with Crippen molar-refractivity contribution in [2.24, 2.45) is 0 Å². The van der Waals surface area contributed by atoms with E-state index in [1.54, 1.807) is 12.1 Å². The highest BCUT2D eigenvalue weighted by Crippen LogP contribution is 2.24. The summed E-state index contributed by atoms with van der Waals surface area (Å²) in [6.45, 7) is 0.448. The summed E-state index contributed by atoms with van der Waals surface area (Å²) >= 11 is 0. The number of nitrogens with zero attached hydrogens (tertiary/aromatic N) is 1. The highest BCUT2D eigenvalue weighted by molar-refractivity contribution is 6.22. The summed E-state index contributed by atoms with van der Waals surface area (Å²) in [6.07, 6.45) is 0. The summed E-state index contributed by atoms with van der Waals surface area (Å²) in [5, 5.41) is 4.00. The Morgan fingerprint density at radius 2 is 1.57 bits per heavy atom. The second kappa shape index (κ2) is 8.52. The van der Waals surface area contributed by atoms with E-state index in [0.29, 0.717) is 0 Å². The molecule has 1 atom stereocenters. The topological polar surface area (TPSA) is 122 Å². The lowest BCUT2D eigenvalue weighted by Gasteiger charge is -2.20. The van der Waals surface area contributed by atoms with Crippen molar-refractivity contribution in [2.75, 3.05) is 11.9 Å². The Morgan fingerprint density at radius 3 is 2.17 bits per heavy atom. The SMILES string of the molecule is C[C@@H](C(=O)OCC(=O)NC(=O)Nc1ccccc1F)N1C(=O)c2ccccc2C1=O. The Morgan fingerprint density at radius 1 is 1.00 bits per heavy atom. The number of hydrogen-bond acceptors (Lipinski definition) is 6. The lowest BCUT2D eigenvalue weighted by Crippen LogP contribution is -2.45. The van der Waals surface area contributed by atoms with Crippen LogP contribution < -0.4 is 10.6 Å². The lowest BCUT2D eigenvalue weighted by molar-refractivity contribution is -0.151. The molecule has 2 aromatic rings. The molecule has 154 valence electrons. The Kier molecular flexibility index (Phi) is 5.86.